The number of unbranched alkanes of at least 4 members (excludes halogenated alkanes) is 2. The van der Waals surface area contributed by atoms with Crippen molar-refractivity contribution in [2.75, 3.05) is 13.2 Å². The zero-order valence-corrected chi connectivity index (χ0v) is 12.7. The van der Waals surface area contributed by atoms with Gasteiger partial charge in [0, 0.05) is 0 Å². The Bertz CT molecular complexity index is 312. The van der Waals surface area contributed by atoms with E-state index in [1.165, 1.54) is 0 Å². The zero-order chi connectivity index (χ0) is 16.5. The predicted molar refractivity (Wildman–Crippen MR) is 74.2 cm³/mol. The lowest BCUT2D eigenvalue weighted by atomic mass is 9.96. The highest BCUT2D eigenvalue weighted by Crippen LogP contribution is 2.20. The largest absolute Gasteiger partial charge is 0.393 e. The Hall–Kier alpha value is -1.02. The van der Waals surface area contributed by atoms with Crippen molar-refractivity contribution in [3.8, 4) is 0 Å². The molecule has 0 heterocycles. The van der Waals surface area contributed by atoms with Gasteiger partial charge in [0.05, 0.1) is 13.2 Å². The van der Waals surface area contributed by atoms with Crippen molar-refractivity contribution in [2.45, 2.75) is 63.6 Å². The molecule has 0 spiro atoms. The third kappa shape index (κ3) is 5.70. The molecule has 0 saturated heterocycles. The van der Waals surface area contributed by atoms with Crippen LogP contribution in [0, 0.1) is 0 Å². The third-order valence-corrected chi connectivity index (χ3v) is 3.36. The fraction of sp³-hybridized carbons (Fsp3) is 0.857. The third-order valence-electron chi connectivity index (χ3n) is 3.36. The van der Waals surface area contributed by atoms with Gasteiger partial charge in [0.2, 0.25) is 0 Å². The molecule has 0 fully saturated rings. The van der Waals surface area contributed by atoms with Gasteiger partial charge in [-0.3, -0.25) is 0 Å². The molecule has 2 atom stereocenters. The Morgan fingerprint density at radius 2 is 1.19 bits per heavy atom. The minimum absolute atomic E-state index is 0.0569. The van der Waals surface area contributed by atoms with Gasteiger partial charge in [0.1, 0.15) is 0 Å². The summed E-state index contributed by atoms with van der Waals surface area (Å²) in [5.41, 5.74) is -4.35. The number of carbonyl (C=O) groups is 2. The van der Waals surface area contributed by atoms with E-state index in [-0.39, 0.29) is 12.8 Å². The Labute approximate surface area is 124 Å². The van der Waals surface area contributed by atoms with Crippen molar-refractivity contribution in [3.05, 3.63) is 0 Å². The van der Waals surface area contributed by atoms with E-state index in [1.807, 2.05) is 13.8 Å². The lowest BCUT2D eigenvalue weighted by Crippen LogP contribution is -2.50. The van der Waals surface area contributed by atoms with Crippen LogP contribution in [0.15, 0.2) is 0 Å². The summed E-state index contributed by atoms with van der Waals surface area (Å²) in [6.45, 7) is 1.91. The number of rotatable bonds is 10. The van der Waals surface area contributed by atoms with Gasteiger partial charge in [-0.1, -0.05) is 39.5 Å². The molecule has 0 bridgehead atoms. The topological polar surface area (TPSA) is 124 Å². The monoisotopic (exact) mass is 306 g/mol. The number of carbonyl (C=O) groups excluding carboxylic acids is 2. The average Bonchev–Trinajstić information content (AvgIpc) is 2.49. The first-order valence-electron chi connectivity index (χ1n) is 7.22. The molecule has 0 aromatic carbocycles. The molecule has 0 aliphatic carbocycles. The summed E-state index contributed by atoms with van der Waals surface area (Å²) in [4.78, 5) is 23.6. The van der Waals surface area contributed by atoms with Crippen molar-refractivity contribution in [1.29, 1.82) is 0 Å². The molecule has 0 aromatic heterocycles. The number of hydrogen-bond acceptors (Lipinski definition) is 7. The summed E-state index contributed by atoms with van der Waals surface area (Å²) in [6.07, 6.45) is 2.17. The lowest BCUT2D eigenvalue weighted by Gasteiger charge is -2.27. The molecule has 21 heavy (non-hydrogen) atoms. The fourth-order valence-corrected chi connectivity index (χ4v) is 1.70. The van der Waals surface area contributed by atoms with Gasteiger partial charge in [-0.25, -0.2) is 9.59 Å². The quantitative estimate of drug-likeness (QED) is 0.328. The molecule has 0 aliphatic rings. The van der Waals surface area contributed by atoms with Gasteiger partial charge in [-0.15, -0.1) is 0 Å². The summed E-state index contributed by atoms with van der Waals surface area (Å²) in [6, 6.07) is 0. The van der Waals surface area contributed by atoms with Crippen molar-refractivity contribution in [1.82, 2.24) is 0 Å². The lowest BCUT2D eigenvalue weighted by molar-refractivity contribution is -0.190. The Kier molecular flexibility index (Phi) is 8.65. The van der Waals surface area contributed by atoms with E-state index in [1.54, 1.807) is 0 Å². The molecule has 0 amide bonds. The number of hydrogen-bond donors (Lipinski definition) is 4. The molecule has 0 aliphatic heterocycles. The summed E-state index contributed by atoms with van der Waals surface area (Å²) < 4.78 is 4.46. The minimum Gasteiger partial charge on any atom is -0.393 e. The van der Waals surface area contributed by atoms with Gasteiger partial charge < -0.3 is 25.2 Å². The van der Waals surface area contributed by atoms with E-state index < -0.39 is 36.4 Å². The molecule has 7 nitrogen and oxygen atoms in total. The van der Waals surface area contributed by atoms with Crippen LogP contribution >= 0.6 is 0 Å². The maximum atomic E-state index is 11.8. The van der Waals surface area contributed by atoms with Crippen LogP contribution in [0.2, 0.25) is 0 Å². The molecular formula is C14H26O7. The second kappa shape index (κ2) is 9.09. The fourth-order valence-electron chi connectivity index (χ4n) is 1.70. The van der Waals surface area contributed by atoms with Crippen LogP contribution in [-0.2, 0) is 14.3 Å². The molecule has 0 saturated carbocycles. The molecule has 124 valence electrons. The van der Waals surface area contributed by atoms with Crippen LogP contribution in [0.5, 0.6) is 0 Å². The summed E-state index contributed by atoms with van der Waals surface area (Å²) in [5.74, 6) is -2.63. The Balaban J connectivity index is 4.83. The number of aliphatic hydroxyl groups is 4. The van der Waals surface area contributed by atoms with Crippen LogP contribution in [0.3, 0.4) is 0 Å². The number of aliphatic hydroxyl groups excluding tert-OH is 2. The van der Waals surface area contributed by atoms with Gasteiger partial charge in [-0.2, -0.15) is 0 Å². The predicted octanol–water partition coefficient (Wildman–Crippen LogP) is -0.117. The van der Waals surface area contributed by atoms with Crippen LogP contribution < -0.4 is 0 Å². The average molecular weight is 306 g/mol. The molecular weight excluding hydrogens is 280 g/mol. The van der Waals surface area contributed by atoms with E-state index >= 15 is 0 Å². The normalized spacial score (nSPS) is 16.9. The van der Waals surface area contributed by atoms with Gasteiger partial charge in [0.15, 0.2) is 11.2 Å². The molecule has 7 heteroatoms. The number of ether oxygens (including phenoxy) is 1. The summed E-state index contributed by atoms with van der Waals surface area (Å²) in [5, 5.41) is 38.2. The zero-order valence-electron chi connectivity index (χ0n) is 12.7. The van der Waals surface area contributed by atoms with E-state index in [0.717, 1.165) is 0 Å². The first-order chi connectivity index (χ1) is 9.79. The van der Waals surface area contributed by atoms with Gasteiger partial charge >= 0.3 is 11.9 Å². The maximum absolute atomic E-state index is 11.8. The van der Waals surface area contributed by atoms with Crippen molar-refractivity contribution in [3.63, 3.8) is 0 Å². The SMILES string of the molecule is CCCCC(O)(CO)C(=O)OC(=O)C(O)(CO)CCCC. The van der Waals surface area contributed by atoms with Crippen LogP contribution in [0.25, 0.3) is 0 Å². The maximum Gasteiger partial charge on any atom is 0.348 e. The highest BCUT2D eigenvalue weighted by atomic mass is 16.6. The molecule has 4 N–H and O–H groups in total. The first-order valence-corrected chi connectivity index (χ1v) is 7.22. The smallest absolute Gasteiger partial charge is 0.348 e. The highest BCUT2D eigenvalue weighted by molar-refractivity contribution is 5.93. The molecule has 0 radical (unpaired) electrons. The molecule has 2 unspecified atom stereocenters. The van der Waals surface area contributed by atoms with Crippen molar-refractivity contribution < 1.29 is 34.8 Å². The molecule has 0 aromatic rings. The Morgan fingerprint density at radius 1 is 0.857 bits per heavy atom. The van der Waals surface area contributed by atoms with E-state index in [9.17, 15) is 19.8 Å². The van der Waals surface area contributed by atoms with Crippen molar-refractivity contribution >= 4 is 11.9 Å². The molecule has 0 rings (SSSR count). The minimum atomic E-state index is -2.17. The van der Waals surface area contributed by atoms with Crippen molar-refractivity contribution in [2.24, 2.45) is 0 Å². The second-order valence-electron chi connectivity index (χ2n) is 5.26. The van der Waals surface area contributed by atoms with E-state index in [2.05, 4.69) is 4.74 Å². The second-order valence-corrected chi connectivity index (χ2v) is 5.26. The van der Waals surface area contributed by atoms with Crippen LogP contribution in [-0.4, -0.2) is 56.8 Å². The van der Waals surface area contributed by atoms with Gasteiger partial charge in [-0.05, 0) is 12.8 Å². The van der Waals surface area contributed by atoms with Crippen LogP contribution in [0.4, 0.5) is 0 Å². The van der Waals surface area contributed by atoms with Gasteiger partial charge in [0.25, 0.3) is 0 Å². The van der Waals surface area contributed by atoms with E-state index in [0.29, 0.717) is 25.7 Å². The summed E-state index contributed by atoms with van der Waals surface area (Å²) in [7, 11) is 0. The number of esters is 2. The summed E-state index contributed by atoms with van der Waals surface area (Å²) >= 11 is 0. The van der Waals surface area contributed by atoms with Crippen LogP contribution in [0.1, 0.15) is 52.4 Å². The first kappa shape index (κ1) is 20.0. The standard InChI is InChI=1S/C14H26O7/c1-3-5-7-13(19,9-15)11(17)21-12(18)14(20,10-16)8-6-4-2/h15-16,19-20H,3-10H2,1-2H3. The van der Waals surface area contributed by atoms with E-state index in [4.69, 9.17) is 10.2 Å². The highest BCUT2D eigenvalue weighted by Gasteiger charge is 2.43. The Morgan fingerprint density at radius 3 is 1.43 bits per heavy atom.